The second-order valence-electron chi connectivity index (χ2n) is 6.41. The van der Waals surface area contributed by atoms with Crippen LogP contribution in [0.4, 0.5) is 13.2 Å². The van der Waals surface area contributed by atoms with E-state index in [-0.39, 0.29) is 5.91 Å². The van der Waals surface area contributed by atoms with E-state index < -0.39 is 17.1 Å². The minimum absolute atomic E-state index is 0.159. The molecule has 1 aliphatic heterocycles. The molecule has 0 aliphatic carbocycles. The van der Waals surface area contributed by atoms with Crippen LogP contribution in [0.3, 0.4) is 0 Å². The Balaban J connectivity index is 1.65. The van der Waals surface area contributed by atoms with Crippen LogP contribution in [0.5, 0.6) is 0 Å². The van der Waals surface area contributed by atoms with Gasteiger partial charge in [0.25, 0.3) is 5.91 Å². The summed E-state index contributed by atoms with van der Waals surface area (Å²) in [6, 6.07) is 18.5. The van der Waals surface area contributed by atoms with Crippen molar-refractivity contribution in [2.24, 2.45) is 0 Å². The Kier molecular flexibility index (Phi) is 4.60. The van der Waals surface area contributed by atoms with E-state index >= 15 is 0 Å². The summed E-state index contributed by atoms with van der Waals surface area (Å²) in [6.45, 7) is 0.511. The van der Waals surface area contributed by atoms with Crippen LogP contribution in [0, 0.1) is 0 Å². The predicted molar refractivity (Wildman–Crippen MR) is 102 cm³/mol. The predicted octanol–water partition coefficient (Wildman–Crippen LogP) is 5.75. The zero-order chi connectivity index (χ0) is 19.0. The molecule has 1 atom stereocenters. The molecule has 0 N–H and O–H groups in total. The van der Waals surface area contributed by atoms with Gasteiger partial charge < -0.3 is 4.90 Å². The fourth-order valence-corrected chi connectivity index (χ4v) is 4.56. The first-order valence-electron chi connectivity index (χ1n) is 8.52. The van der Waals surface area contributed by atoms with Crippen molar-refractivity contribution < 1.29 is 18.0 Å². The first kappa shape index (κ1) is 17.9. The number of fused-ring (bicyclic) bond motifs is 1. The number of halogens is 3. The molecule has 1 fully saturated rings. The lowest BCUT2D eigenvalue weighted by atomic mass is 10.1. The van der Waals surface area contributed by atoms with Crippen molar-refractivity contribution >= 4 is 28.4 Å². The first-order valence-corrected chi connectivity index (χ1v) is 9.57. The van der Waals surface area contributed by atoms with Gasteiger partial charge in [-0.1, -0.05) is 42.5 Å². The molecule has 1 saturated heterocycles. The lowest BCUT2D eigenvalue weighted by Gasteiger charge is -2.25. The molecule has 0 spiro atoms. The van der Waals surface area contributed by atoms with Gasteiger partial charge in [0.15, 0.2) is 0 Å². The van der Waals surface area contributed by atoms with Gasteiger partial charge in [-0.05, 0) is 40.6 Å². The zero-order valence-electron chi connectivity index (χ0n) is 14.2. The Morgan fingerprint density at radius 3 is 2.52 bits per heavy atom. The number of rotatable bonds is 2. The van der Waals surface area contributed by atoms with E-state index in [4.69, 9.17) is 0 Å². The van der Waals surface area contributed by atoms with Crippen molar-refractivity contribution in [2.45, 2.75) is 11.6 Å². The van der Waals surface area contributed by atoms with Gasteiger partial charge in [-0.25, -0.2) is 0 Å². The van der Waals surface area contributed by atoms with Crippen LogP contribution in [0.25, 0.3) is 10.8 Å². The van der Waals surface area contributed by atoms with Crippen molar-refractivity contribution in [3.05, 3.63) is 83.4 Å². The normalized spacial score (nSPS) is 17.4. The van der Waals surface area contributed by atoms with Gasteiger partial charge in [-0.15, -0.1) is 11.8 Å². The van der Waals surface area contributed by atoms with Gasteiger partial charge in [0, 0.05) is 17.9 Å². The number of hydrogen-bond donors (Lipinski definition) is 0. The molecule has 1 amide bonds. The maximum atomic E-state index is 13.0. The smallest absolute Gasteiger partial charge is 0.322 e. The Bertz CT molecular complexity index is 1000. The van der Waals surface area contributed by atoms with Crippen molar-refractivity contribution in [1.29, 1.82) is 0 Å². The second-order valence-corrected chi connectivity index (χ2v) is 7.59. The molecule has 1 aliphatic rings. The third kappa shape index (κ3) is 3.54. The van der Waals surface area contributed by atoms with E-state index in [1.807, 2.05) is 36.4 Å². The lowest BCUT2D eigenvalue weighted by Crippen LogP contribution is -2.30. The third-order valence-electron chi connectivity index (χ3n) is 4.65. The van der Waals surface area contributed by atoms with Gasteiger partial charge >= 0.3 is 6.18 Å². The van der Waals surface area contributed by atoms with Crippen LogP contribution in [-0.2, 0) is 6.18 Å². The minimum Gasteiger partial charge on any atom is -0.322 e. The number of amides is 1. The van der Waals surface area contributed by atoms with E-state index in [9.17, 15) is 18.0 Å². The molecule has 1 heterocycles. The molecule has 3 aromatic carbocycles. The molecule has 0 aromatic heterocycles. The molecule has 138 valence electrons. The lowest BCUT2D eigenvalue weighted by molar-refractivity contribution is -0.137. The molecule has 6 heteroatoms. The summed E-state index contributed by atoms with van der Waals surface area (Å²) >= 11 is 1.49. The largest absolute Gasteiger partial charge is 0.416 e. The Morgan fingerprint density at radius 2 is 1.74 bits per heavy atom. The van der Waals surface area contributed by atoms with E-state index in [2.05, 4.69) is 0 Å². The van der Waals surface area contributed by atoms with Crippen LogP contribution in [-0.4, -0.2) is 23.1 Å². The van der Waals surface area contributed by atoms with Gasteiger partial charge in [0.2, 0.25) is 0 Å². The quantitative estimate of drug-likeness (QED) is 0.558. The summed E-state index contributed by atoms with van der Waals surface area (Å²) in [5, 5.41) is 1.59. The molecule has 0 saturated carbocycles. The summed E-state index contributed by atoms with van der Waals surface area (Å²) in [7, 11) is 0. The Morgan fingerprint density at radius 1 is 0.963 bits per heavy atom. The molecule has 1 unspecified atom stereocenters. The van der Waals surface area contributed by atoms with Crippen molar-refractivity contribution in [3.8, 4) is 0 Å². The molecule has 4 rings (SSSR count). The average Bonchev–Trinajstić information content (AvgIpc) is 3.16. The molecule has 0 bridgehead atoms. The first-order chi connectivity index (χ1) is 12.9. The van der Waals surface area contributed by atoms with Gasteiger partial charge in [0.05, 0.1) is 5.56 Å². The number of nitrogens with zero attached hydrogens (tertiary/aromatic N) is 1. The fraction of sp³-hybridized carbons (Fsp3) is 0.190. The monoisotopic (exact) mass is 387 g/mol. The highest BCUT2D eigenvalue weighted by molar-refractivity contribution is 7.99. The highest BCUT2D eigenvalue weighted by atomic mass is 32.2. The topological polar surface area (TPSA) is 20.3 Å². The molecule has 27 heavy (non-hydrogen) atoms. The standard InChI is InChI=1S/C21H16F3NOS/c22-21(23,24)18-7-3-6-17(13-18)20-25(10-11-27-20)19(26)16-9-8-14-4-1-2-5-15(14)12-16/h1-9,12-13,20H,10-11H2. The molecule has 2 nitrogen and oxygen atoms in total. The van der Waals surface area contributed by atoms with Crippen LogP contribution < -0.4 is 0 Å². The zero-order valence-corrected chi connectivity index (χ0v) is 15.1. The van der Waals surface area contributed by atoms with Crippen molar-refractivity contribution in [2.75, 3.05) is 12.3 Å². The molecular formula is C21H16F3NOS. The molecule has 3 aromatic rings. The van der Waals surface area contributed by atoms with Gasteiger partial charge in [0.1, 0.15) is 5.37 Å². The summed E-state index contributed by atoms with van der Waals surface area (Å²) in [5.74, 6) is 0.536. The van der Waals surface area contributed by atoms with E-state index in [1.165, 1.54) is 17.8 Å². The average molecular weight is 387 g/mol. The Labute approximate surface area is 159 Å². The van der Waals surface area contributed by atoms with Crippen LogP contribution in [0.15, 0.2) is 66.7 Å². The molecular weight excluding hydrogens is 371 g/mol. The van der Waals surface area contributed by atoms with E-state index in [0.717, 1.165) is 22.9 Å². The summed E-state index contributed by atoms with van der Waals surface area (Å²) in [4.78, 5) is 14.7. The second kappa shape index (κ2) is 6.93. The number of thioether (sulfide) groups is 1. The molecule has 0 radical (unpaired) electrons. The van der Waals surface area contributed by atoms with Gasteiger partial charge in [-0.3, -0.25) is 4.79 Å². The van der Waals surface area contributed by atoms with E-state index in [1.54, 1.807) is 17.0 Å². The third-order valence-corrected chi connectivity index (χ3v) is 5.91. The van der Waals surface area contributed by atoms with Crippen molar-refractivity contribution in [3.63, 3.8) is 0 Å². The number of hydrogen-bond acceptors (Lipinski definition) is 2. The highest BCUT2D eigenvalue weighted by Crippen LogP contribution is 2.40. The highest BCUT2D eigenvalue weighted by Gasteiger charge is 2.34. The summed E-state index contributed by atoms with van der Waals surface area (Å²) < 4.78 is 39.1. The van der Waals surface area contributed by atoms with E-state index in [0.29, 0.717) is 23.4 Å². The maximum Gasteiger partial charge on any atom is 0.416 e. The van der Waals surface area contributed by atoms with Crippen LogP contribution in [0.1, 0.15) is 26.9 Å². The number of carbonyl (C=O) groups is 1. The number of carbonyl (C=O) groups excluding carboxylic acids is 1. The number of alkyl halides is 3. The summed E-state index contributed by atoms with van der Waals surface area (Å²) in [5.41, 5.74) is 0.361. The van der Waals surface area contributed by atoms with Crippen LogP contribution in [0.2, 0.25) is 0 Å². The van der Waals surface area contributed by atoms with Crippen molar-refractivity contribution in [1.82, 2.24) is 4.90 Å². The maximum absolute atomic E-state index is 13.0. The minimum atomic E-state index is -4.40. The van der Waals surface area contributed by atoms with Gasteiger partial charge in [-0.2, -0.15) is 13.2 Å². The SMILES string of the molecule is O=C(c1ccc2ccccc2c1)N1CCSC1c1cccc(C(F)(F)F)c1. The fourth-order valence-electron chi connectivity index (χ4n) is 3.31. The Hall–Kier alpha value is -2.47. The number of benzene rings is 3. The summed E-state index contributed by atoms with van der Waals surface area (Å²) in [6.07, 6.45) is -4.40. The van der Waals surface area contributed by atoms with Crippen LogP contribution >= 0.6 is 11.8 Å².